The van der Waals surface area contributed by atoms with Crippen molar-refractivity contribution >= 4 is 6.09 Å². The molecule has 0 aliphatic carbocycles. The van der Waals surface area contributed by atoms with Gasteiger partial charge in [-0.05, 0) is 59.3 Å². The molecule has 0 aromatic heterocycles. The Morgan fingerprint density at radius 1 is 1.27 bits per heavy atom. The lowest BCUT2D eigenvalue weighted by molar-refractivity contribution is 0.00975. The minimum atomic E-state index is -0.427. The van der Waals surface area contributed by atoms with E-state index in [1.54, 1.807) is 0 Å². The summed E-state index contributed by atoms with van der Waals surface area (Å²) in [6.45, 7) is 11.4. The summed E-state index contributed by atoms with van der Waals surface area (Å²) in [5, 5.41) is 3.55. The third kappa shape index (κ3) is 5.13. The van der Waals surface area contributed by atoms with Crippen LogP contribution in [0.3, 0.4) is 0 Å². The number of nitrogens with zero attached hydrogens (tertiary/aromatic N) is 1. The van der Waals surface area contributed by atoms with Gasteiger partial charge >= 0.3 is 6.09 Å². The molecular weight excluding hydrogens is 280 g/mol. The van der Waals surface area contributed by atoms with Crippen molar-refractivity contribution in [1.82, 2.24) is 10.2 Å². The largest absolute Gasteiger partial charge is 0.444 e. The lowest BCUT2D eigenvalue weighted by Crippen LogP contribution is -2.50. The van der Waals surface area contributed by atoms with Gasteiger partial charge in [-0.1, -0.05) is 0 Å². The number of hydrogen-bond acceptors (Lipinski definition) is 4. The standard InChI is InChI=1S/C17H32N2O3/c1-13-14(8-10-21-13)11-18-12-15-7-5-6-9-19(15)16(20)22-17(2,3)4/h13-15,18H,5-12H2,1-4H3. The molecule has 0 aromatic rings. The molecule has 128 valence electrons. The lowest BCUT2D eigenvalue weighted by Gasteiger charge is -2.37. The molecule has 2 rings (SSSR count). The summed E-state index contributed by atoms with van der Waals surface area (Å²) >= 11 is 0. The van der Waals surface area contributed by atoms with Crippen molar-refractivity contribution in [3.8, 4) is 0 Å². The maximum Gasteiger partial charge on any atom is 0.410 e. The van der Waals surface area contributed by atoms with Crippen molar-refractivity contribution in [2.45, 2.75) is 71.1 Å². The Balaban J connectivity index is 1.80. The molecule has 2 aliphatic heterocycles. The van der Waals surface area contributed by atoms with E-state index in [1.165, 1.54) is 6.42 Å². The first-order chi connectivity index (χ1) is 10.4. The van der Waals surface area contributed by atoms with Gasteiger partial charge < -0.3 is 19.7 Å². The Hall–Kier alpha value is -0.810. The van der Waals surface area contributed by atoms with Crippen LogP contribution in [0.4, 0.5) is 4.79 Å². The number of ether oxygens (including phenoxy) is 2. The van der Waals surface area contributed by atoms with Gasteiger partial charge in [0.1, 0.15) is 5.60 Å². The van der Waals surface area contributed by atoms with E-state index in [4.69, 9.17) is 9.47 Å². The molecule has 3 atom stereocenters. The van der Waals surface area contributed by atoms with Crippen LogP contribution in [0.1, 0.15) is 53.4 Å². The fraction of sp³-hybridized carbons (Fsp3) is 0.941. The van der Waals surface area contributed by atoms with Gasteiger partial charge in [0.2, 0.25) is 0 Å². The molecule has 0 spiro atoms. The number of amides is 1. The Labute approximate surface area is 134 Å². The molecule has 0 aromatic carbocycles. The Bertz CT molecular complexity index is 367. The van der Waals surface area contributed by atoms with E-state index in [2.05, 4.69) is 12.2 Å². The van der Waals surface area contributed by atoms with Crippen molar-refractivity contribution < 1.29 is 14.3 Å². The average molecular weight is 312 g/mol. The maximum atomic E-state index is 12.4. The molecule has 2 heterocycles. The summed E-state index contributed by atoms with van der Waals surface area (Å²) in [6.07, 6.45) is 4.63. The average Bonchev–Trinajstić information content (AvgIpc) is 2.83. The molecule has 0 saturated carbocycles. The van der Waals surface area contributed by atoms with E-state index < -0.39 is 5.60 Å². The third-order valence-electron chi connectivity index (χ3n) is 4.57. The van der Waals surface area contributed by atoms with Crippen LogP contribution in [0.2, 0.25) is 0 Å². The summed E-state index contributed by atoms with van der Waals surface area (Å²) in [5.74, 6) is 0.596. The molecule has 3 unspecified atom stereocenters. The SMILES string of the molecule is CC1OCCC1CNCC1CCCCN1C(=O)OC(C)(C)C. The highest BCUT2D eigenvalue weighted by Gasteiger charge is 2.31. The van der Waals surface area contributed by atoms with Gasteiger partial charge in [0.25, 0.3) is 0 Å². The topological polar surface area (TPSA) is 50.8 Å². The van der Waals surface area contributed by atoms with Crippen LogP contribution in [0.25, 0.3) is 0 Å². The van der Waals surface area contributed by atoms with Gasteiger partial charge in [-0.3, -0.25) is 0 Å². The third-order valence-corrected chi connectivity index (χ3v) is 4.57. The van der Waals surface area contributed by atoms with E-state index in [0.717, 1.165) is 45.5 Å². The maximum absolute atomic E-state index is 12.4. The highest BCUT2D eigenvalue weighted by molar-refractivity contribution is 5.68. The van der Waals surface area contributed by atoms with Crippen LogP contribution in [-0.2, 0) is 9.47 Å². The van der Waals surface area contributed by atoms with Crippen molar-refractivity contribution in [1.29, 1.82) is 0 Å². The number of carbonyl (C=O) groups is 1. The first kappa shape index (κ1) is 17.5. The van der Waals surface area contributed by atoms with Crippen LogP contribution < -0.4 is 5.32 Å². The molecule has 2 fully saturated rings. The minimum Gasteiger partial charge on any atom is -0.444 e. The molecule has 5 nitrogen and oxygen atoms in total. The van der Waals surface area contributed by atoms with Gasteiger partial charge in [-0.25, -0.2) is 4.79 Å². The molecular formula is C17H32N2O3. The summed E-state index contributed by atoms with van der Waals surface area (Å²) < 4.78 is 11.1. The van der Waals surface area contributed by atoms with Crippen molar-refractivity contribution in [3.05, 3.63) is 0 Å². The number of carbonyl (C=O) groups excluding carboxylic acids is 1. The number of nitrogens with one attached hydrogen (secondary N) is 1. The van der Waals surface area contributed by atoms with Gasteiger partial charge in [0.05, 0.1) is 6.10 Å². The molecule has 2 saturated heterocycles. The predicted octanol–water partition coefficient (Wildman–Crippen LogP) is 2.79. The Kier molecular flexibility index (Phi) is 6.09. The minimum absolute atomic E-state index is 0.170. The fourth-order valence-electron chi connectivity index (χ4n) is 3.25. The van der Waals surface area contributed by atoms with E-state index in [0.29, 0.717) is 12.0 Å². The van der Waals surface area contributed by atoms with Crippen molar-refractivity contribution in [2.24, 2.45) is 5.92 Å². The molecule has 0 radical (unpaired) electrons. The van der Waals surface area contributed by atoms with Crippen molar-refractivity contribution in [2.75, 3.05) is 26.2 Å². The van der Waals surface area contributed by atoms with E-state index in [-0.39, 0.29) is 12.1 Å². The monoisotopic (exact) mass is 312 g/mol. The molecule has 1 N–H and O–H groups in total. The van der Waals surface area contributed by atoms with E-state index in [1.807, 2.05) is 25.7 Å². The quantitative estimate of drug-likeness (QED) is 0.867. The Morgan fingerprint density at radius 3 is 2.68 bits per heavy atom. The summed E-state index contributed by atoms with van der Waals surface area (Å²) in [6, 6.07) is 0.251. The molecule has 0 bridgehead atoms. The van der Waals surface area contributed by atoms with Crippen molar-refractivity contribution in [3.63, 3.8) is 0 Å². The van der Waals surface area contributed by atoms with Gasteiger partial charge in [-0.2, -0.15) is 0 Å². The highest BCUT2D eigenvalue weighted by Crippen LogP contribution is 2.21. The zero-order valence-corrected chi connectivity index (χ0v) is 14.6. The molecule has 22 heavy (non-hydrogen) atoms. The Morgan fingerprint density at radius 2 is 2.05 bits per heavy atom. The zero-order valence-electron chi connectivity index (χ0n) is 14.6. The van der Waals surface area contributed by atoms with Crippen LogP contribution in [-0.4, -0.2) is 55.0 Å². The number of piperidine rings is 1. The van der Waals surface area contributed by atoms with Gasteiger partial charge in [0.15, 0.2) is 0 Å². The number of rotatable bonds is 4. The highest BCUT2D eigenvalue weighted by atomic mass is 16.6. The van der Waals surface area contributed by atoms with Gasteiger partial charge in [0, 0.05) is 32.3 Å². The second-order valence-electron chi connectivity index (χ2n) is 7.61. The first-order valence-electron chi connectivity index (χ1n) is 8.69. The van der Waals surface area contributed by atoms with E-state index in [9.17, 15) is 4.79 Å². The molecule has 5 heteroatoms. The van der Waals surface area contributed by atoms with Crippen LogP contribution in [0.5, 0.6) is 0 Å². The van der Waals surface area contributed by atoms with Crippen LogP contribution in [0, 0.1) is 5.92 Å². The van der Waals surface area contributed by atoms with Gasteiger partial charge in [-0.15, -0.1) is 0 Å². The fourth-order valence-corrected chi connectivity index (χ4v) is 3.25. The second kappa shape index (κ2) is 7.64. The predicted molar refractivity (Wildman–Crippen MR) is 87.0 cm³/mol. The summed E-state index contributed by atoms with van der Waals surface area (Å²) in [4.78, 5) is 14.3. The molecule has 1 amide bonds. The van der Waals surface area contributed by atoms with Crippen LogP contribution in [0.15, 0.2) is 0 Å². The van der Waals surface area contributed by atoms with Crippen LogP contribution >= 0.6 is 0 Å². The molecule has 2 aliphatic rings. The number of hydrogen-bond donors (Lipinski definition) is 1. The van der Waals surface area contributed by atoms with E-state index >= 15 is 0 Å². The zero-order chi connectivity index (χ0) is 16.2. The summed E-state index contributed by atoms with van der Waals surface area (Å²) in [5.41, 5.74) is -0.427. The summed E-state index contributed by atoms with van der Waals surface area (Å²) in [7, 11) is 0. The lowest BCUT2D eigenvalue weighted by atomic mass is 10.0. The first-order valence-corrected chi connectivity index (χ1v) is 8.69. The smallest absolute Gasteiger partial charge is 0.410 e. The normalized spacial score (nSPS) is 29.6. The number of likely N-dealkylation sites (tertiary alicyclic amines) is 1. The second-order valence-corrected chi connectivity index (χ2v) is 7.61.